The van der Waals surface area contributed by atoms with Crippen LogP contribution in [-0.4, -0.2) is 10.9 Å². The molecule has 0 atom stereocenters. The zero-order valence-corrected chi connectivity index (χ0v) is 14.5. The molecular weight excluding hydrogens is 334 g/mol. The maximum Gasteiger partial charge on any atom is 0.251 e. The van der Waals surface area contributed by atoms with E-state index < -0.39 is 0 Å². The fourth-order valence-corrected chi connectivity index (χ4v) is 2.53. The van der Waals surface area contributed by atoms with Crippen LogP contribution in [0.25, 0.3) is 0 Å². The van der Waals surface area contributed by atoms with Gasteiger partial charge in [-0.3, -0.25) is 4.79 Å². The summed E-state index contributed by atoms with van der Waals surface area (Å²) in [7, 11) is 0. The van der Waals surface area contributed by atoms with Crippen molar-refractivity contribution < 1.29 is 4.79 Å². The van der Waals surface area contributed by atoms with Gasteiger partial charge in [0.1, 0.15) is 5.82 Å². The van der Waals surface area contributed by atoms with Crippen LogP contribution in [0.2, 0.25) is 5.02 Å². The topological polar surface area (TPSA) is 54.0 Å². The van der Waals surface area contributed by atoms with Crippen molar-refractivity contribution >= 4 is 29.0 Å². The average Bonchev–Trinajstić information content (AvgIpc) is 2.63. The molecule has 0 aliphatic heterocycles. The Bertz CT molecular complexity index is 878. The minimum absolute atomic E-state index is 0.134. The van der Waals surface area contributed by atoms with Gasteiger partial charge < -0.3 is 10.6 Å². The highest BCUT2D eigenvalue weighted by Gasteiger charge is 2.08. The Balaban J connectivity index is 1.67. The first kappa shape index (κ1) is 17.0. The minimum atomic E-state index is -0.134. The molecule has 2 N–H and O–H groups in total. The maximum absolute atomic E-state index is 12.4. The minimum Gasteiger partial charge on any atom is -0.348 e. The molecule has 0 fully saturated rings. The summed E-state index contributed by atoms with van der Waals surface area (Å²) in [5.41, 5.74) is 3.67. The Morgan fingerprint density at radius 3 is 2.60 bits per heavy atom. The Morgan fingerprint density at radius 2 is 1.84 bits per heavy atom. The third-order valence-corrected chi connectivity index (χ3v) is 4.09. The lowest BCUT2D eigenvalue weighted by atomic mass is 10.1. The number of carbonyl (C=O) groups is 1. The van der Waals surface area contributed by atoms with E-state index in [-0.39, 0.29) is 5.91 Å². The molecule has 0 radical (unpaired) electrons. The lowest BCUT2D eigenvalue weighted by Crippen LogP contribution is -2.23. The van der Waals surface area contributed by atoms with Gasteiger partial charge >= 0.3 is 0 Å². The number of nitrogens with zero attached hydrogens (tertiary/aromatic N) is 1. The molecule has 0 spiro atoms. The maximum atomic E-state index is 12.4. The van der Waals surface area contributed by atoms with E-state index >= 15 is 0 Å². The van der Waals surface area contributed by atoms with Gasteiger partial charge in [0.25, 0.3) is 5.91 Å². The van der Waals surface area contributed by atoms with Crippen molar-refractivity contribution in [3.63, 3.8) is 0 Å². The Morgan fingerprint density at radius 1 is 1.08 bits per heavy atom. The number of aryl methyl sites for hydroxylation is 1. The van der Waals surface area contributed by atoms with Gasteiger partial charge in [-0.1, -0.05) is 35.9 Å². The van der Waals surface area contributed by atoms with E-state index in [0.29, 0.717) is 22.9 Å². The molecule has 126 valence electrons. The number of amides is 1. The van der Waals surface area contributed by atoms with E-state index in [4.69, 9.17) is 11.6 Å². The largest absolute Gasteiger partial charge is 0.348 e. The number of aromatic nitrogens is 1. The van der Waals surface area contributed by atoms with E-state index in [0.717, 1.165) is 16.8 Å². The lowest BCUT2D eigenvalue weighted by molar-refractivity contribution is 0.0951. The van der Waals surface area contributed by atoms with Gasteiger partial charge in [0, 0.05) is 29.0 Å². The lowest BCUT2D eigenvalue weighted by Gasteiger charge is -2.10. The van der Waals surface area contributed by atoms with Crippen molar-refractivity contribution in [1.29, 1.82) is 0 Å². The zero-order valence-electron chi connectivity index (χ0n) is 13.8. The zero-order chi connectivity index (χ0) is 17.6. The number of halogens is 1. The van der Waals surface area contributed by atoms with Crippen LogP contribution in [0.5, 0.6) is 0 Å². The van der Waals surface area contributed by atoms with Crippen molar-refractivity contribution in [2.45, 2.75) is 13.5 Å². The van der Waals surface area contributed by atoms with Gasteiger partial charge in [-0.25, -0.2) is 4.98 Å². The average molecular weight is 352 g/mol. The van der Waals surface area contributed by atoms with E-state index in [1.807, 2.05) is 43.3 Å². The van der Waals surface area contributed by atoms with Gasteiger partial charge in [0.15, 0.2) is 0 Å². The molecule has 0 aliphatic carbocycles. The number of rotatable bonds is 5. The summed E-state index contributed by atoms with van der Waals surface area (Å²) in [4.78, 5) is 16.6. The normalized spacial score (nSPS) is 10.3. The third-order valence-electron chi connectivity index (χ3n) is 3.84. The molecule has 5 heteroatoms. The summed E-state index contributed by atoms with van der Waals surface area (Å²) in [5.74, 6) is 0.468. The molecule has 1 heterocycles. The third kappa shape index (κ3) is 4.58. The van der Waals surface area contributed by atoms with E-state index in [9.17, 15) is 4.79 Å². The fourth-order valence-electron chi connectivity index (χ4n) is 2.41. The molecule has 0 saturated carbocycles. The van der Waals surface area contributed by atoms with Crippen LogP contribution in [0.4, 0.5) is 11.5 Å². The summed E-state index contributed by atoms with van der Waals surface area (Å²) in [5, 5.41) is 6.77. The predicted octanol–water partition coefficient (Wildman–Crippen LogP) is 4.72. The van der Waals surface area contributed by atoms with Crippen LogP contribution in [0.1, 0.15) is 21.5 Å². The number of benzene rings is 2. The number of hydrogen-bond donors (Lipinski definition) is 2. The number of carbonyl (C=O) groups excluding carboxylic acids is 1. The summed E-state index contributed by atoms with van der Waals surface area (Å²) in [6.07, 6.45) is 1.61. The van der Waals surface area contributed by atoms with Crippen LogP contribution >= 0.6 is 11.6 Å². The first-order chi connectivity index (χ1) is 12.1. The Kier molecular flexibility index (Phi) is 5.31. The smallest absolute Gasteiger partial charge is 0.251 e. The highest BCUT2D eigenvalue weighted by atomic mass is 35.5. The Hall–Kier alpha value is -2.85. The second kappa shape index (κ2) is 7.81. The number of anilines is 2. The number of nitrogens with one attached hydrogen (secondary N) is 2. The van der Waals surface area contributed by atoms with Gasteiger partial charge in [0.2, 0.25) is 0 Å². The highest BCUT2D eigenvalue weighted by Crippen LogP contribution is 2.18. The molecule has 0 bridgehead atoms. The number of pyridine rings is 1. The van der Waals surface area contributed by atoms with Crippen LogP contribution in [0.3, 0.4) is 0 Å². The SMILES string of the molecule is Cc1ccccc1CNC(=O)c1ccnc(Nc2ccc(Cl)cc2)c1. The first-order valence-corrected chi connectivity index (χ1v) is 8.31. The summed E-state index contributed by atoms with van der Waals surface area (Å²) in [6, 6.07) is 18.7. The van der Waals surface area contributed by atoms with Crippen LogP contribution in [-0.2, 0) is 6.54 Å². The van der Waals surface area contributed by atoms with Crippen molar-refractivity contribution in [3.8, 4) is 0 Å². The molecule has 1 amide bonds. The molecule has 3 rings (SSSR count). The van der Waals surface area contributed by atoms with E-state index in [1.165, 1.54) is 0 Å². The van der Waals surface area contributed by atoms with E-state index in [2.05, 4.69) is 15.6 Å². The van der Waals surface area contributed by atoms with Gasteiger partial charge in [-0.15, -0.1) is 0 Å². The monoisotopic (exact) mass is 351 g/mol. The van der Waals surface area contributed by atoms with Crippen LogP contribution < -0.4 is 10.6 Å². The van der Waals surface area contributed by atoms with Gasteiger partial charge in [0.05, 0.1) is 0 Å². The molecule has 0 unspecified atom stereocenters. The van der Waals surface area contributed by atoms with Crippen molar-refractivity contribution in [1.82, 2.24) is 10.3 Å². The first-order valence-electron chi connectivity index (χ1n) is 7.93. The second-order valence-electron chi connectivity index (χ2n) is 5.67. The standard InChI is InChI=1S/C20H18ClN3O/c1-14-4-2-3-5-16(14)13-23-20(25)15-10-11-22-19(12-15)24-18-8-6-17(21)7-9-18/h2-12H,13H2,1H3,(H,22,24)(H,23,25). The highest BCUT2D eigenvalue weighted by molar-refractivity contribution is 6.30. The molecule has 0 aliphatic rings. The van der Waals surface area contributed by atoms with Gasteiger partial charge in [-0.2, -0.15) is 0 Å². The fraction of sp³-hybridized carbons (Fsp3) is 0.100. The van der Waals surface area contributed by atoms with Crippen LogP contribution in [0.15, 0.2) is 66.9 Å². The van der Waals surface area contributed by atoms with E-state index in [1.54, 1.807) is 30.5 Å². The molecular formula is C20H18ClN3O. The summed E-state index contributed by atoms with van der Waals surface area (Å²) < 4.78 is 0. The molecule has 25 heavy (non-hydrogen) atoms. The summed E-state index contributed by atoms with van der Waals surface area (Å²) >= 11 is 5.88. The molecule has 0 saturated heterocycles. The second-order valence-corrected chi connectivity index (χ2v) is 6.11. The van der Waals surface area contributed by atoms with Crippen molar-refractivity contribution in [2.75, 3.05) is 5.32 Å². The molecule has 4 nitrogen and oxygen atoms in total. The summed E-state index contributed by atoms with van der Waals surface area (Å²) in [6.45, 7) is 2.52. The Labute approximate surface area is 151 Å². The predicted molar refractivity (Wildman–Crippen MR) is 101 cm³/mol. The molecule has 3 aromatic rings. The van der Waals surface area contributed by atoms with Crippen LogP contribution in [0, 0.1) is 6.92 Å². The van der Waals surface area contributed by atoms with Gasteiger partial charge in [-0.05, 0) is 54.4 Å². The molecule has 1 aromatic heterocycles. The molecule has 2 aromatic carbocycles. The van der Waals surface area contributed by atoms with Crippen molar-refractivity contribution in [2.24, 2.45) is 0 Å². The quantitative estimate of drug-likeness (QED) is 0.699. The number of hydrogen-bond acceptors (Lipinski definition) is 3. The van der Waals surface area contributed by atoms with Crippen molar-refractivity contribution in [3.05, 3.63) is 88.6 Å².